The van der Waals surface area contributed by atoms with E-state index >= 15 is 0 Å². The second kappa shape index (κ2) is 3.28. The lowest BCUT2D eigenvalue weighted by atomic mass is 9.98. The molecule has 1 heterocycles. The third-order valence-corrected chi connectivity index (χ3v) is 2.52. The van der Waals surface area contributed by atoms with Gasteiger partial charge in [0.25, 0.3) is 17.4 Å². The van der Waals surface area contributed by atoms with Gasteiger partial charge in [0.1, 0.15) is 11.9 Å². The van der Waals surface area contributed by atoms with Crippen molar-refractivity contribution in [2.24, 2.45) is 11.5 Å². The fourth-order valence-corrected chi connectivity index (χ4v) is 1.59. The summed E-state index contributed by atoms with van der Waals surface area (Å²) in [5.41, 5.74) is 8.81. The zero-order valence-corrected chi connectivity index (χ0v) is 8.14. The van der Waals surface area contributed by atoms with Crippen LogP contribution in [0, 0.1) is 5.82 Å². The van der Waals surface area contributed by atoms with Crippen molar-refractivity contribution in [2.45, 2.75) is 11.7 Å². The highest BCUT2D eigenvalue weighted by Gasteiger charge is 2.67. The highest BCUT2D eigenvalue weighted by Crippen LogP contribution is 2.49. The summed E-state index contributed by atoms with van der Waals surface area (Å²) in [4.78, 5) is 22.2. The van der Waals surface area contributed by atoms with E-state index in [1.54, 1.807) is 0 Å². The standard InChI is InChI=1S/C10H9FN2O3/c11-6-3-1-5(2-4-6)7-10(16-7,8(12)14)9(13)15/h1-4,7H,(H2,12,14)(H2,13,15). The third kappa shape index (κ3) is 1.35. The molecular formula is C10H9FN2O3. The van der Waals surface area contributed by atoms with Crippen LogP contribution in [0.25, 0.3) is 0 Å². The SMILES string of the molecule is NC(=O)C1(C(N)=O)OC1c1ccc(F)cc1. The Kier molecular flexibility index (Phi) is 2.16. The van der Waals surface area contributed by atoms with Crippen LogP contribution in [0.5, 0.6) is 0 Å². The molecule has 2 rings (SSSR count). The van der Waals surface area contributed by atoms with Gasteiger partial charge in [-0.25, -0.2) is 4.39 Å². The number of nitrogens with two attached hydrogens (primary N) is 2. The largest absolute Gasteiger partial charge is 0.367 e. The molecule has 84 valence electrons. The molecule has 1 aliphatic heterocycles. The maximum Gasteiger partial charge on any atom is 0.262 e. The monoisotopic (exact) mass is 224 g/mol. The molecule has 1 aromatic carbocycles. The van der Waals surface area contributed by atoms with Gasteiger partial charge < -0.3 is 16.2 Å². The van der Waals surface area contributed by atoms with Crippen molar-refractivity contribution in [1.82, 2.24) is 0 Å². The molecule has 1 fully saturated rings. The smallest absolute Gasteiger partial charge is 0.262 e. The number of rotatable bonds is 3. The Hall–Kier alpha value is -1.95. The van der Waals surface area contributed by atoms with E-state index < -0.39 is 29.3 Å². The molecule has 5 nitrogen and oxygen atoms in total. The molecule has 0 radical (unpaired) electrons. The molecule has 0 saturated carbocycles. The fourth-order valence-electron chi connectivity index (χ4n) is 1.59. The molecule has 0 aliphatic carbocycles. The molecule has 4 N–H and O–H groups in total. The van der Waals surface area contributed by atoms with Gasteiger partial charge in [-0.2, -0.15) is 0 Å². The Bertz CT molecular complexity index is 444. The van der Waals surface area contributed by atoms with Crippen LogP contribution in [0.2, 0.25) is 0 Å². The van der Waals surface area contributed by atoms with E-state index in [4.69, 9.17) is 16.2 Å². The number of amides is 2. The Morgan fingerprint density at radius 2 is 1.69 bits per heavy atom. The maximum atomic E-state index is 12.7. The first-order valence-corrected chi connectivity index (χ1v) is 4.51. The minimum absolute atomic E-state index is 0.423. The fraction of sp³-hybridized carbons (Fsp3) is 0.200. The Balaban J connectivity index is 2.30. The molecule has 1 unspecified atom stereocenters. The number of carbonyl (C=O) groups excluding carboxylic acids is 2. The summed E-state index contributed by atoms with van der Waals surface area (Å²) in [6.07, 6.45) is -0.817. The average Bonchev–Trinajstić information content (AvgIpc) is 2.95. The van der Waals surface area contributed by atoms with Gasteiger partial charge in [-0.05, 0) is 17.7 Å². The predicted octanol–water partition coefficient (Wildman–Crippen LogP) is -0.394. The van der Waals surface area contributed by atoms with E-state index in [1.165, 1.54) is 24.3 Å². The lowest BCUT2D eigenvalue weighted by Gasteiger charge is -2.03. The summed E-state index contributed by atoms with van der Waals surface area (Å²) in [5, 5.41) is 0. The van der Waals surface area contributed by atoms with Gasteiger partial charge in [0.05, 0.1) is 0 Å². The Morgan fingerprint density at radius 1 is 1.19 bits per heavy atom. The summed E-state index contributed by atoms with van der Waals surface area (Å²) < 4.78 is 17.6. The summed E-state index contributed by atoms with van der Waals surface area (Å²) in [7, 11) is 0. The van der Waals surface area contributed by atoms with Gasteiger partial charge in [0, 0.05) is 0 Å². The summed E-state index contributed by atoms with van der Waals surface area (Å²) in [6, 6.07) is 5.22. The zero-order valence-electron chi connectivity index (χ0n) is 8.14. The maximum absolute atomic E-state index is 12.7. The second-order valence-corrected chi connectivity index (χ2v) is 3.51. The van der Waals surface area contributed by atoms with E-state index in [-0.39, 0.29) is 0 Å². The van der Waals surface area contributed by atoms with E-state index in [1.807, 2.05) is 0 Å². The van der Waals surface area contributed by atoms with Crippen LogP contribution < -0.4 is 11.5 Å². The van der Waals surface area contributed by atoms with Crippen molar-refractivity contribution in [3.05, 3.63) is 35.6 Å². The second-order valence-electron chi connectivity index (χ2n) is 3.51. The van der Waals surface area contributed by atoms with Crippen LogP contribution in [0.4, 0.5) is 4.39 Å². The summed E-state index contributed by atoms with van der Waals surface area (Å²) in [6.45, 7) is 0. The molecule has 0 spiro atoms. The molecule has 1 aromatic rings. The average molecular weight is 224 g/mol. The van der Waals surface area contributed by atoms with Crippen molar-refractivity contribution in [3.8, 4) is 0 Å². The number of epoxide rings is 1. The van der Waals surface area contributed by atoms with Gasteiger partial charge in [0.15, 0.2) is 0 Å². The molecule has 16 heavy (non-hydrogen) atoms. The number of hydrogen-bond acceptors (Lipinski definition) is 3. The Morgan fingerprint density at radius 3 is 2.06 bits per heavy atom. The number of hydrogen-bond donors (Lipinski definition) is 2. The topological polar surface area (TPSA) is 98.7 Å². The van der Waals surface area contributed by atoms with Gasteiger partial charge >= 0.3 is 0 Å². The minimum atomic E-state index is -1.78. The summed E-state index contributed by atoms with van der Waals surface area (Å²) in [5.74, 6) is -2.29. The molecule has 0 aromatic heterocycles. The molecule has 1 aliphatic rings. The number of carbonyl (C=O) groups is 2. The molecule has 1 saturated heterocycles. The van der Waals surface area contributed by atoms with Crippen molar-refractivity contribution in [2.75, 3.05) is 0 Å². The minimum Gasteiger partial charge on any atom is -0.367 e. The third-order valence-electron chi connectivity index (χ3n) is 2.52. The summed E-state index contributed by atoms with van der Waals surface area (Å²) >= 11 is 0. The van der Waals surface area contributed by atoms with Crippen LogP contribution in [0.3, 0.4) is 0 Å². The van der Waals surface area contributed by atoms with E-state index in [2.05, 4.69) is 0 Å². The Labute approximate surface area is 90.2 Å². The first-order valence-electron chi connectivity index (χ1n) is 4.51. The molecule has 6 heteroatoms. The van der Waals surface area contributed by atoms with Crippen molar-refractivity contribution >= 4 is 11.8 Å². The predicted molar refractivity (Wildman–Crippen MR) is 51.3 cm³/mol. The number of primary amides is 2. The van der Waals surface area contributed by atoms with Crippen molar-refractivity contribution in [1.29, 1.82) is 0 Å². The van der Waals surface area contributed by atoms with Gasteiger partial charge in [-0.1, -0.05) is 12.1 Å². The zero-order chi connectivity index (χ0) is 11.9. The number of benzene rings is 1. The highest BCUT2D eigenvalue weighted by atomic mass is 19.1. The van der Waals surface area contributed by atoms with Crippen LogP contribution in [-0.4, -0.2) is 17.4 Å². The number of halogens is 1. The van der Waals surface area contributed by atoms with Gasteiger partial charge in [-0.15, -0.1) is 0 Å². The van der Waals surface area contributed by atoms with Crippen LogP contribution in [0.15, 0.2) is 24.3 Å². The quantitative estimate of drug-likeness (QED) is 0.540. The first-order chi connectivity index (χ1) is 7.48. The lowest BCUT2D eigenvalue weighted by molar-refractivity contribution is -0.133. The van der Waals surface area contributed by atoms with Crippen LogP contribution in [0.1, 0.15) is 11.7 Å². The molecule has 1 atom stereocenters. The van der Waals surface area contributed by atoms with Gasteiger partial charge in [0.2, 0.25) is 0 Å². The highest BCUT2D eigenvalue weighted by molar-refractivity contribution is 6.10. The van der Waals surface area contributed by atoms with Crippen molar-refractivity contribution in [3.63, 3.8) is 0 Å². The van der Waals surface area contributed by atoms with Gasteiger partial charge in [-0.3, -0.25) is 9.59 Å². The van der Waals surface area contributed by atoms with Crippen LogP contribution in [-0.2, 0) is 14.3 Å². The lowest BCUT2D eigenvalue weighted by Crippen LogP contribution is -2.44. The molecular weight excluding hydrogens is 215 g/mol. The molecule has 2 amide bonds. The van der Waals surface area contributed by atoms with Crippen LogP contribution >= 0.6 is 0 Å². The normalized spacial score (nSPS) is 21.4. The van der Waals surface area contributed by atoms with E-state index in [0.717, 1.165) is 0 Å². The molecule has 0 bridgehead atoms. The van der Waals surface area contributed by atoms with E-state index in [9.17, 15) is 14.0 Å². The number of ether oxygens (including phenoxy) is 1. The van der Waals surface area contributed by atoms with E-state index in [0.29, 0.717) is 5.56 Å². The first kappa shape index (κ1) is 10.6. The van der Waals surface area contributed by atoms with Crippen molar-refractivity contribution < 1.29 is 18.7 Å².